The van der Waals surface area contributed by atoms with Gasteiger partial charge in [-0.15, -0.1) is 0 Å². The summed E-state index contributed by atoms with van der Waals surface area (Å²) in [4.78, 5) is 3.87. The van der Waals surface area contributed by atoms with Crippen molar-refractivity contribution in [3.8, 4) is 6.07 Å². The van der Waals surface area contributed by atoms with Crippen LogP contribution in [-0.2, 0) is 10.0 Å². The summed E-state index contributed by atoms with van der Waals surface area (Å²) in [7, 11) is -3.51. The van der Waals surface area contributed by atoms with Gasteiger partial charge in [0.15, 0.2) is 0 Å². The first-order chi connectivity index (χ1) is 7.40. The van der Waals surface area contributed by atoms with Crippen molar-refractivity contribution in [2.45, 2.75) is 0 Å². The minimum absolute atomic E-state index is 0.108. The molecule has 16 heavy (non-hydrogen) atoms. The zero-order chi connectivity index (χ0) is 12.2. The number of nitrogens with two attached hydrogens (primary N) is 1. The lowest BCUT2D eigenvalue weighted by molar-refractivity contribution is 0.598. The van der Waals surface area contributed by atoms with Gasteiger partial charge in [-0.3, -0.25) is 0 Å². The molecule has 0 atom stereocenters. The fourth-order valence-corrected chi connectivity index (χ4v) is 1.57. The van der Waals surface area contributed by atoms with Gasteiger partial charge in [-0.25, -0.2) is 18.5 Å². The number of rotatable bonds is 4. The second-order valence-corrected chi connectivity index (χ2v) is 5.09. The summed E-state index contributed by atoms with van der Waals surface area (Å²) < 4.78 is 21.3. The molecule has 0 aliphatic carbocycles. The topological polar surface area (TPSA) is 109 Å². The van der Waals surface area contributed by atoms with Crippen molar-refractivity contribution in [3.05, 3.63) is 22.8 Å². The Bertz CT molecular complexity index is 523. The number of primary sulfonamides is 1. The molecule has 0 fully saturated rings. The van der Waals surface area contributed by atoms with Gasteiger partial charge in [0.05, 0.1) is 17.4 Å². The Labute approximate surface area is 98.1 Å². The Morgan fingerprint density at radius 1 is 1.56 bits per heavy atom. The van der Waals surface area contributed by atoms with Gasteiger partial charge >= 0.3 is 0 Å². The Balaban J connectivity index is 2.68. The van der Waals surface area contributed by atoms with E-state index in [4.69, 9.17) is 22.0 Å². The smallest absolute Gasteiger partial charge is 0.210 e. The standard InChI is InChI=1S/C8H9ClN4O2S/c9-7-3-6(5-10)4-8(13-7)12-1-2-16(11,14)15/h3-4H,1-2H2,(H,12,13)(H2,11,14,15). The van der Waals surface area contributed by atoms with Crippen molar-refractivity contribution < 1.29 is 8.42 Å². The van der Waals surface area contributed by atoms with Gasteiger partial charge in [0.2, 0.25) is 10.0 Å². The summed E-state index contributed by atoms with van der Waals surface area (Å²) in [5, 5.41) is 16.4. The number of anilines is 1. The maximum Gasteiger partial charge on any atom is 0.210 e. The summed E-state index contributed by atoms with van der Waals surface area (Å²) in [5.74, 6) is 0.121. The molecule has 1 aromatic rings. The van der Waals surface area contributed by atoms with Crippen LogP contribution in [-0.4, -0.2) is 25.7 Å². The van der Waals surface area contributed by atoms with Crippen LogP contribution in [0.15, 0.2) is 12.1 Å². The molecule has 0 saturated heterocycles. The molecule has 0 aromatic carbocycles. The van der Waals surface area contributed by atoms with E-state index in [-0.39, 0.29) is 17.5 Å². The molecule has 6 nitrogen and oxygen atoms in total. The molecule has 86 valence electrons. The number of hydrogen-bond donors (Lipinski definition) is 2. The first-order valence-electron chi connectivity index (χ1n) is 4.23. The van der Waals surface area contributed by atoms with E-state index < -0.39 is 10.0 Å². The molecule has 0 saturated carbocycles. The highest BCUT2D eigenvalue weighted by molar-refractivity contribution is 7.89. The maximum absolute atomic E-state index is 10.7. The highest BCUT2D eigenvalue weighted by atomic mass is 35.5. The molecule has 0 radical (unpaired) electrons. The van der Waals surface area contributed by atoms with Crippen molar-refractivity contribution >= 4 is 27.4 Å². The summed E-state index contributed by atoms with van der Waals surface area (Å²) in [6.45, 7) is 0.108. The molecule has 1 aromatic heterocycles. The minimum atomic E-state index is -3.51. The zero-order valence-electron chi connectivity index (χ0n) is 8.14. The van der Waals surface area contributed by atoms with E-state index in [1.807, 2.05) is 6.07 Å². The highest BCUT2D eigenvalue weighted by Gasteiger charge is 2.04. The van der Waals surface area contributed by atoms with E-state index in [2.05, 4.69) is 10.3 Å². The van der Waals surface area contributed by atoms with E-state index >= 15 is 0 Å². The molecule has 8 heteroatoms. The predicted octanol–water partition coefficient (Wildman–Crippen LogP) is 0.307. The zero-order valence-corrected chi connectivity index (χ0v) is 9.72. The highest BCUT2D eigenvalue weighted by Crippen LogP contribution is 2.13. The monoisotopic (exact) mass is 260 g/mol. The lowest BCUT2D eigenvalue weighted by Crippen LogP contribution is -2.22. The number of sulfonamides is 1. The third-order valence-corrected chi connectivity index (χ3v) is 2.58. The van der Waals surface area contributed by atoms with E-state index in [9.17, 15) is 8.42 Å². The molecule has 3 N–H and O–H groups in total. The normalized spacial score (nSPS) is 10.8. The first kappa shape index (κ1) is 12.7. The van der Waals surface area contributed by atoms with E-state index in [1.165, 1.54) is 12.1 Å². The number of nitrogens with zero attached hydrogens (tertiary/aromatic N) is 2. The average Bonchev–Trinajstić information content (AvgIpc) is 2.14. The fraction of sp³-hybridized carbons (Fsp3) is 0.250. The van der Waals surface area contributed by atoms with Gasteiger partial charge < -0.3 is 5.32 Å². The average molecular weight is 261 g/mol. The Hall–Kier alpha value is -1.36. The third-order valence-electron chi connectivity index (χ3n) is 1.62. The van der Waals surface area contributed by atoms with Gasteiger partial charge in [-0.05, 0) is 12.1 Å². The number of pyridine rings is 1. The molecule has 0 bridgehead atoms. The van der Waals surface area contributed by atoms with Gasteiger partial charge in [0.1, 0.15) is 11.0 Å². The fourth-order valence-electron chi connectivity index (χ4n) is 0.973. The molecule has 0 aliphatic rings. The van der Waals surface area contributed by atoms with Crippen LogP contribution in [0.5, 0.6) is 0 Å². The first-order valence-corrected chi connectivity index (χ1v) is 6.32. The Morgan fingerprint density at radius 3 is 2.81 bits per heavy atom. The van der Waals surface area contributed by atoms with Crippen LogP contribution in [0.25, 0.3) is 0 Å². The van der Waals surface area contributed by atoms with E-state index in [1.54, 1.807) is 0 Å². The second kappa shape index (κ2) is 5.12. The maximum atomic E-state index is 10.7. The van der Waals surface area contributed by atoms with Gasteiger partial charge in [0.25, 0.3) is 0 Å². The van der Waals surface area contributed by atoms with Crippen LogP contribution in [0.1, 0.15) is 5.56 Å². The molecular formula is C8H9ClN4O2S. The predicted molar refractivity (Wildman–Crippen MR) is 60.4 cm³/mol. The number of aromatic nitrogens is 1. The van der Waals surface area contributed by atoms with Gasteiger partial charge in [-0.1, -0.05) is 11.6 Å². The number of nitrogens with one attached hydrogen (secondary N) is 1. The van der Waals surface area contributed by atoms with Crippen LogP contribution in [0.3, 0.4) is 0 Å². The molecular weight excluding hydrogens is 252 g/mol. The molecule has 1 heterocycles. The lowest BCUT2D eigenvalue weighted by atomic mass is 10.3. The van der Waals surface area contributed by atoms with Crippen molar-refractivity contribution in [2.75, 3.05) is 17.6 Å². The van der Waals surface area contributed by atoms with Crippen LogP contribution in [0, 0.1) is 11.3 Å². The Kier molecular flexibility index (Phi) is 4.06. The number of hydrogen-bond acceptors (Lipinski definition) is 5. The summed E-state index contributed by atoms with van der Waals surface area (Å²) in [6, 6.07) is 4.78. The van der Waals surface area contributed by atoms with Crippen LogP contribution < -0.4 is 10.5 Å². The molecule has 1 rings (SSSR count). The molecule has 0 unspecified atom stereocenters. The van der Waals surface area contributed by atoms with Crippen molar-refractivity contribution in [3.63, 3.8) is 0 Å². The van der Waals surface area contributed by atoms with Crippen molar-refractivity contribution in [2.24, 2.45) is 5.14 Å². The largest absolute Gasteiger partial charge is 0.369 e. The van der Waals surface area contributed by atoms with E-state index in [0.717, 1.165) is 0 Å². The lowest BCUT2D eigenvalue weighted by Gasteiger charge is -2.05. The quantitative estimate of drug-likeness (QED) is 0.757. The number of nitriles is 1. The minimum Gasteiger partial charge on any atom is -0.369 e. The van der Waals surface area contributed by atoms with Crippen molar-refractivity contribution in [1.29, 1.82) is 5.26 Å². The second-order valence-electron chi connectivity index (χ2n) is 2.97. The molecule has 0 amide bonds. The Morgan fingerprint density at radius 2 is 2.25 bits per heavy atom. The van der Waals surface area contributed by atoms with Gasteiger partial charge in [-0.2, -0.15) is 5.26 Å². The number of halogens is 1. The van der Waals surface area contributed by atoms with Crippen LogP contribution in [0.4, 0.5) is 5.82 Å². The van der Waals surface area contributed by atoms with Crippen molar-refractivity contribution in [1.82, 2.24) is 4.98 Å². The molecule has 0 spiro atoms. The van der Waals surface area contributed by atoms with Gasteiger partial charge in [0, 0.05) is 6.54 Å². The summed E-state index contributed by atoms with van der Waals surface area (Å²) in [6.07, 6.45) is 0. The summed E-state index contributed by atoms with van der Waals surface area (Å²) >= 11 is 5.65. The van der Waals surface area contributed by atoms with E-state index in [0.29, 0.717) is 11.4 Å². The van der Waals surface area contributed by atoms with Crippen LogP contribution >= 0.6 is 11.6 Å². The van der Waals surface area contributed by atoms with Crippen LogP contribution in [0.2, 0.25) is 5.15 Å². The summed E-state index contributed by atoms with van der Waals surface area (Å²) in [5.41, 5.74) is 0.345. The third kappa shape index (κ3) is 4.44. The molecule has 0 aliphatic heterocycles. The SMILES string of the molecule is N#Cc1cc(Cl)nc(NCCS(N)(=O)=O)c1.